The summed E-state index contributed by atoms with van der Waals surface area (Å²) >= 11 is 3.32. The zero-order valence-corrected chi connectivity index (χ0v) is 10.9. The van der Waals surface area contributed by atoms with Gasteiger partial charge in [0.25, 0.3) is 5.91 Å². The number of pyridine rings is 1. The van der Waals surface area contributed by atoms with Crippen LogP contribution in [0.15, 0.2) is 47.2 Å². The van der Waals surface area contributed by atoms with Gasteiger partial charge in [0.05, 0.1) is 11.9 Å². The summed E-state index contributed by atoms with van der Waals surface area (Å²) in [5.74, 6) is -0.130. The standard InChI is InChI=1S/C13H11BrN2O/c1-9-7-11(8-15-12(9)14)16-13(17)10-5-3-2-4-6-10/h2-8H,1H3,(H,16,17). The summed E-state index contributed by atoms with van der Waals surface area (Å²) in [6.07, 6.45) is 1.62. The van der Waals surface area contributed by atoms with Gasteiger partial charge in [-0.15, -0.1) is 0 Å². The maximum Gasteiger partial charge on any atom is 0.255 e. The van der Waals surface area contributed by atoms with Gasteiger partial charge in [-0.3, -0.25) is 4.79 Å². The van der Waals surface area contributed by atoms with E-state index in [1.807, 2.05) is 31.2 Å². The second kappa shape index (κ2) is 5.10. The number of aryl methyl sites for hydroxylation is 1. The van der Waals surface area contributed by atoms with Gasteiger partial charge >= 0.3 is 0 Å². The van der Waals surface area contributed by atoms with Crippen molar-refractivity contribution in [2.75, 3.05) is 5.32 Å². The number of anilines is 1. The normalized spacial score (nSPS) is 10.0. The highest BCUT2D eigenvalue weighted by atomic mass is 79.9. The molecule has 0 atom stereocenters. The SMILES string of the molecule is Cc1cc(NC(=O)c2ccccc2)cnc1Br. The van der Waals surface area contributed by atoms with Crippen LogP contribution in [0.5, 0.6) is 0 Å². The largest absolute Gasteiger partial charge is 0.321 e. The third-order valence-electron chi connectivity index (χ3n) is 2.31. The van der Waals surface area contributed by atoms with E-state index >= 15 is 0 Å². The summed E-state index contributed by atoms with van der Waals surface area (Å²) in [5, 5.41) is 2.80. The molecule has 2 aromatic rings. The number of halogens is 1. The number of hydrogen-bond donors (Lipinski definition) is 1. The van der Waals surface area contributed by atoms with Crippen LogP contribution >= 0.6 is 15.9 Å². The van der Waals surface area contributed by atoms with E-state index in [9.17, 15) is 4.79 Å². The molecule has 0 bridgehead atoms. The molecule has 0 aliphatic carbocycles. The highest BCUT2D eigenvalue weighted by Crippen LogP contribution is 2.17. The molecule has 0 saturated carbocycles. The van der Waals surface area contributed by atoms with Crippen molar-refractivity contribution in [1.29, 1.82) is 0 Å². The fourth-order valence-electron chi connectivity index (χ4n) is 1.42. The van der Waals surface area contributed by atoms with Crippen molar-refractivity contribution < 1.29 is 4.79 Å². The quantitative estimate of drug-likeness (QED) is 0.862. The maximum absolute atomic E-state index is 11.9. The Morgan fingerprint density at radius 1 is 1.29 bits per heavy atom. The molecule has 0 spiro atoms. The summed E-state index contributed by atoms with van der Waals surface area (Å²) in [7, 11) is 0. The van der Waals surface area contributed by atoms with Crippen LogP contribution in [0.3, 0.4) is 0 Å². The summed E-state index contributed by atoms with van der Waals surface area (Å²) in [6, 6.07) is 11.0. The van der Waals surface area contributed by atoms with E-state index < -0.39 is 0 Å². The average molecular weight is 291 g/mol. The molecule has 1 amide bonds. The first-order valence-electron chi connectivity index (χ1n) is 5.15. The Morgan fingerprint density at radius 2 is 2.00 bits per heavy atom. The summed E-state index contributed by atoms with van der Waals surface area (Å²) < 4.78 is 0.787. The number of nitrogens with one attached hydrogen (secondary N) is 1. The van der Waals surface area contributed by atoms with E-state index in [2.05, 4.69) is 26.2 Å². The lowest BCUT2D eigenvalue weighted by molar-refractivity contribution is 0.102. The van der Waals surface area contributed by atoms with Gasteiger partial charge in [-0.2, -0.15) is 0 Å². The molecule has 86 valence electrons. The van der Waals surface area contributed by atoms with Crippen LogP contribution in [-0.4, -0.2) is 10.9 Å². The van der Waals surface area contributed by atoms with Crippen LogP contribution in [0.25, 0.3) is 0 Å². The molecule has 0 aliphatic rings. The number of aromatic nitrogens is 1. The van der Waals surface area contributed by atoms with E-state index in [-0.39, 0.29) is 5.91 Å². The van der Waals surface area contributed by atoms with Crippen molar-refractivity contribution in [2.24, 2.45) is 0 Å². The predicted molar refractivity (Wildman–Crippen MR) is 71.1 cm³/mol. The number of rotatable bonds is 2. The zero-order chi connectivity index (χ0) is 12.3. The van der Waals surface area contributed by atoms with Crippen molar-refractivity contribution in [3.05, 3.63) is 58.3 Å². The van der Waals surface area contributed by atoms with Crippen LogP contribution in [0.4, 0.5) is 5.69 Å². The number of carbonyl (C=O) groups excluding carboxylic acids is 1. The molecular formula is C13H11BrN2O. The van der Waals surface area contributed by atoms with Gasteiger partial charge in [0.15, 0.2) is 0 Å². The molecule has 0 radical (unpaired) electrons. The predicted octanol–water partition coefficient (Wildman–Crippen LogP) is 3.40. The summed E-state index contributed by atoms with van der Waals surface area (Å²) in [4.78, 5) is 16.0. The van der Waals surface area contributed by atoms with Gasteiger partial charge in [-0.05, 0) is 46.6 Å². The Labute approximate surface area is 108 Å². The highest BCUT2D eigenvalue weighted by Gasteiger charge is 2.06. The third kappa shape index (κ3) is 2.91. The molecule has 1 aromatic heterocycles. The van der Waals surface area contributed by atoms with Crippen molar-refractivity contribution in [3.8, 4) is 0 Å². The molecule has 3 nitrogen and oxygen atoms in total. The monoisotopic (exact) mass is 290 g/mol. The van der Waals surface area contributed by atoms with E-state index in [0.29, 0.717) is 11.3 Å². The van der Waals surface area contributed by atoms with Gasteiger partial charge < -0.3 is 5.32 Å². The fraction of sp³-hybridized carbons (Fsp3) is 0.0769. The Balaban J connectivity index is 2.16. The Bertz CT molecular complexity index is 540. The van der Waals surface area contributed by atoms with Gasteiger partial charge in [0.1, 0.15) is 4.60 Å². The van der Waals surface area contributed by atoms with Crippen molar-refractivity contribution in [1.82, 2.24) is 4.98 Å². The molecule has 0 fully saturated rings. The zero-order valence-electron chi connectivity index (χ0n) is 9.27. The van der Waals surface area contributed by atoms with E-state index in [1.54, 1.807) is 18.3 Å². The molecule has 2 rings (SSSR count). The average Bonchev–Trinajstić information content (AvgIpc) is 2.35. The van der Waals surface area contributed by atoms with Crippen LogP contribution in [0.1, 0.15) is 15.9 Å². The lowest BCUT2D eigenvalue weighted by Crippen LogP contribution is -2.11. The van der Waals surface area contributed by atoms with Gasteiger partial charge in [-0.25, -0.2) is 4.98 Å². The minimum Gasteiger partial charge on any atom is -0.321 e. The number of amides is 1. The topological polar surface area (TPSA) is 42.0 Å². The first-order valence-corrected chi connectivity index (χ1v) is 5.94. The lowest BCUT2D eigenvalue weighted by atomic mass is 10.2. The molecule has 1 heterocycles. The van der Waals surface area contributed by atoms with Gasteiger partial charge in [0, 0.05) is 5.56 Å². The summed E-state index contributed by atoms with van der Waals surface area (Å²) in [5.41, 5.74) is 2.31. The first-order chi connectivity index (χ1) is 8.16. The molecule has 4 heteroatoms. The number of carbonyl (C=O) groups is 1. The van der Waals surface area contributed by atoms with Gasteiger partial charge in [0.2, 0.25) is 0 Å². The number of nitrogens with zero attached hydrogens (tertiary/aromatic N) is 1. The molecule has 0 saturated heterocycles. The molecule has 1 N–H and O–H groups in total. The van der Waals surface area contributed by atoms with Crippen molar-refractivity contribution in [3.63, 3.8) is 0 Å². The van der Waals surface area contributed by atoms with Crippen LogP contribution in [0.2, 0.25) is 0 Å². The number of hydrogen-bond acceptors (Lipinski definition) is 2. The van der Waals surface area contributed by atoms with E-state index in [4.69, 9.17) is 0 Å². The maximum atomic E-state index is 11.9. The van der Waals surface area contributed by atoms with Crippen LogP contribution < -0.4 is 5.32 Å². The Hall–Kier alpha value is -1.68. The molecule has 17 heavy (non-hydrogen) atoms. The Morgan fingerprint density at radius 3 is 2.65 bits per heavy atom. The minimum atomic E-state index is -0.130. The number of benzene rings is 1. The van der Waals surface area contributed by atoms with E-state index in [1.165, 1.54) is 0 Å². The van der Waals surface area contributed by atoms with Crippen LogP contribution in [-0.2, 0) is 0 Å². The molecule has 0 aliphatic heterocycles. The van der Waals surface area contributed by atoms with Crippen molar-refractivity contribution >= 4 is 27.5 Å². The van der Waals surface area contributed by atoms with Crippen LogP contribution in [0, 0.1) is 6.92 Å². The minimum absolute atomic E-state index is 0.130. The fourth-order valence-corrected chi connectivity index (χ4v) is 1.64. The molecule has 1 aromatic carbocycles. The highest BCUT2D eigenvalue weighted by molar-refractivity contribution is 9.10. The van der Waals surface area contributed by atoms with E-state index in [0.717, 1.165) is 10.2 Å². The molecular weight excluding hydrogens is 280 g/mol. The lowest BCUT2D eigenvalue weighted by Gasteiger charge is -2.06. The third-order valence-corrected chi connectivity index (χ3v) is 3.14. The Kier molecular flexibility index (Phi) is 3.54. The van der Waals surface area contributed by atoms with Gasteiger partial charge in [-0.1, -0.05) is 18.2 Å². The second-order valence-electron chi connectivity index (χ2n) is 3.65. The first kappa shape index (κ1) is 11.8. The van der Waals surface area contributed by atoms with Crippen molar-refractivity contribution in [2.45, 2.75) is 6.92 Å². The smallest absolute Gasteiger partial charge is 0.255 e. The summed E-state index contributed by atoms with van der Waals surface area (Å²) in [6.45, 7) is 1.93. The second-order valence-corrected chi connectivity index (χ2v) is 4.40. The molecule has 0 unspecified atom stereocenters.